The molecule has 1 aliphatic rings. The molecule has 0 unspecified atom stereocenters. The van der Waals surface area contributed by atoms with Crippen LogP contribution in [0, 0.1) is 0 Å². The Balaban J connectivity index is 1.28. The summed E-state index contributed by atoms with van der Waals surface area (Å²) in [6, 6.07) is 60.5. The molecule has 0 amide bonds. The van der Waals surface area contributed by atoms with Crippen LogP contribution in [0.4, 0.5) is 17.1 Å². The van der Waals surface area contributed by atoms with Crippen molar-refractivity contribution < 1.29 is 0 Å². The second-order valence-corrected chi connectivity index (χ2v) is 14.8. The number of thiophene rings is 1. The van der Waals surface area contributed by atoms with Crippen LogP contribution in [0.3, 0.4) is 0 Å². The van der Waals surface area contributed by atoms with E-state index in [0.717, 1.165) is 5.69 Å². The molecule has 0 atom stereocenters. The van der Waals surface area contributed by atoms with Crippen molar-refractivity contribution in [3.63, 3.8) is 0 Å². The van der Waals surface area contributed by atoms with Gasteiger partial charge in [-0.15, -0.1) is 11.3 Å². The third-order valence-electron chi connectivity index (χ3n) is 10.6. The van der Waals surface area contributed by atoms with Gasteiger partial charge in [-0.3, -0.25) is 0 Å². The normalized spacial score (nSPS) is 13.3. The number of nitrogens with zero attached hydrogens (tertiary/aromatic N) is 1. The van der Waals surface area contributed by atoms with E-state index in [1.54, 1.807) is 0 Å². The second-order valence-electron chi connectivity index (χ2n) is 13.7. The van der Waals surface area contributed by atoms with E-state index in [0.29, 0.717) is 0 Å². The highest BCUT2D eigenvalue weighted by Crippen LogP contribution is 2.57. The molecule has 0 aliphatic heterocycles. The summed E-state index contributed by atoms with van der Waals surface area (Å²) < 4.78 is 2.61. The van der Waals surface area contributed by atoms with Gasteiger partial charge in [-0.1, -0.05) is 147 Å². The molecule has 0 radical (unpaired) electrons. The van der Waals surface area contributed by atoms with Gasteiger partial charge in [0.2, 0.25) is 0 Å². The molecule has 1 aliphatic carbocycles. The molecule has 0 N–H and O–H groups in total. The monoisotopic (exact) mass is 643 g/mol. The lowest BCUT2D eigenvalue weighted by atomic mass is 9.80. The predicted octanol–water partition coefficient (Wildman–Crippen LogP) is 13.8. The summed E-state index contributed by atoms with van der Waals surface area (Å²) in [5.74, 6) is 0. The minimum atomic E-state index is -0.144. The summed E-state index contributed by atoms with van der Waals surface area (Å²) in [5, 5.41) is 7.73. The van der Waals surface area contributed by atoms with Crippen molar-refractivity contribution in [3.05, 3.63) is 175 Å². The van der Waals surface area contributed by atoms with E-state index in [9.17, 15) is 0 Å². The van der Waals surface area contributed by atoms with Gasteiger partial charge in [-0.2, -0.15) is 0 Å². The highest BCUT2D eigenvalue weighted by Gasteiger charge is 2.39. The fourth-order valence-electron chi connectivity index (χ4n) is 8.40. The molecule has 0 bridgehead atoms. The summed E-state index contributed by atoms with van der Waals surface area (Å²) in [4.78, 5) is 2.54. The first-order valence-electron chi connectivity index (χ1n) is 17.0. The SMILES string of the molecule is CC1(C)c2ccccc2-c2c(N(c3ccc(-c4cccc5ccccc45)cc3)c3cccc4c3sc3ccccc34)cc3ccccc3c21. The zero-order valence-corrected chi connectivity index (χ0v) is 28.3. The van der Waals surface area contributed by atoms with Gasteiger partial charge in [0.25, 0.3) is 0 Å². The predicted molar refractivity (Wildman–Crippen MR) is 212 cm³/mol. The minimum absolute atomic E-state index is 0.144. The summed E-state index contributed by atoms with van der Waals surface area (Å²) in [7, 11) is 0. The Morgan fingerprint density at radius 3 is 1.98 bits per heavy atom. The van der Waals surface area contributed by atoms with Crippen LogP contribution in [0.25, 0.3) is 64.0 Å². The van der Waals surface area contributed by atoms with Crippen molar-refractivity contribution >= 4 is 70.1 Å². The van der Waals surface area contributed by atoms with E-state index in [1.807, 2.05) is 11.3 Å². The van der Waals surface area contributed by atoms with Crippen molar-refractivity contribution in [1.29, 1.82) is 0 Å². The Morgan fingerprint density at radius 2 is 1.12 bits per heavy atom. The van der Waals surface area contributed by atoms with E-state index in [4.69, 9.17) is 0 Å². The first-order valence-corrected chi connectivity index (χ1v) is 17.8. The first kappa shape index (κ1) is 28.3. The number of benzene rings is 8. The molecule has 10 rings (SSSR count). The topological polar surface area (TPSA) is 3.24 Å². The maximum Gasteiger partial charge on any atom is 0.0640 e. The molecular formula is C47H33NS. The van der Waals surface area contributed by atoms with Gasteiger partial charge < -0.3 is 4.90 Å². The molecule has 9 aromatic rings. The molecule has 2 heteroatoms. The Hall–Kier alpha value is -5.70. The molecular weight excluding hydrogens is 611 g/mol. The maximum atomic E-state index is 2.54. The zero-order valence-electron chi connectivity index (χ0n) is 27.4. The van der Waals surface area contributed by atoms with Crippen molar-refractivity contribution in [1.82, 2.24) is 0 Å². The van der Waals surface area contributed by atoms with E-state index in [1.165, 1.54) is 86.5 Å². The molecule has 0 spiro atoms. The van der Waals surface area contributed by atoms with E-state index >= 15 is 0 Å². The van der Waals surface area contributed by atoms with Crippen LogP contribution in [0.5, 0.6) is 0 Å². The van der Waals surface area contributed by atoms with Crippen molar-refractivity contribution in [2.24, 2.45) is 0 Å². The lowest BCUT2D eigenvalue weighted by Crippen LogP contribution is -2.17. The molecule has 232 valence electrons. The van der Waals surface area contributed by atoms with Crippen LogP contribution in [0.15, 0.2) is 164 Å². The fourth-order valence-corrected chi connectivity index (χ4v) is 9.60. The van der Waals surface area contributed by atoms with E-state index in [-0.39, 0.29) is 5.41 Å². The molecule has 1 aromatic heterocycles. The van der Waals surface area contributed by atoms with Crippen LogP contribution < -0.4 is 4.90 Å². The van der Waals surface area contributed by atoms with Crippen molar-refractivity contribution in [2.45, 2.75) is 19.3 Å². The van der Waals surface area contributed by atoms with E-state index < -0.39 is 0 Å². The average Bonchev–Trinajstić information content (AvgIpc) is 3.65. The third kappa shape index (κ3) is 4.17. The summed E-state index contributed by atoms with van der Waals surface area (Å²) in [5.41, 5.74) is 11.3. The van der Waals surface area contributed by atoms with Crippen LogP contribution in [0.2, 0.25) is 0 Å². The Kier molecular flexibility index (Phi) is 6.16. The first-order chi connectivity index (χ1) is 24.1. The second kappa shape index (κ2) is 10.7. The highest BCUT2D eigenvalue weighted by molar-refractivity contribution is 7.26. The highest BCUT2D eigenvalue weighted by atomic mass is 32.1. The third-order valence-corrected chi connectivity index (χ3v) is 11.8. The van der Waals surface area contributed by atoms with Crippen LogP contribution in [-0.4, -0.2) is 0 Å². The summed E-state index contributed by atoms with van der Waals surface area (Å²) >= 11 is 1.89. The van der Waals surface area contributed by atoms with Gasteiger partial charge in [0.1, 0.15) is 0 Å². The van der Waals surface area contributed by atoms with E-state index in [2.05, 4.69) is 183 Å². The van der Waals surface area contributed by atoms with Crippen LogP contribution in [0.1, 0.15) is 25.0 Å². The number of hydrogen-bond acceptors (Lipinski definition) is 2. The quantitative estimate of drug-likeness (QED) is 0.184. The molecule has 8 aromatic carbocycles. The van der Waals surface area contributed by atoms with Gasteiger partial charge >= 0.3 is 0 Å². The van der Waals surface area contributed by atoms with Gasteiger partial charge in [0.05, 0.1) is 16.1 Å². The van der Waals surface area contributed by atoms with Gasteiger partial charge in [0.15, 0.2) is 0 Å². The van der Waals surface area contributed by atoms with Gasteiger partial charge in [-0.25, -0.2) is 0 Å². The Morgan fingerprint density at radius 1 is 0.490 bits per heavy atom. The Labute approximate surface area is 290 Å². The standard InChI is InChI=1S/C47H33NS/c1-47(2)40-22-9-7-19-39(40)44-42(29-32-14-4-6-17-36(32)45(44)47)48(41-23-12-21-38-37-18-8-10-24-43(37)49-46(38)41)33-27-25-31(26-28-33)35-20-11-15-30-13-3-5-16-34(30)35/h3-29H,1-2H3. The lowest BCUT2D eigenvalue weighted by molar-refractivity contribution is 0.666. The number of rotatable bonds is 4. The number of anilines is 3. The molecule has 0 fully saturated rings. The minimum Gasteiger partial charge on any atom is -0.308 e. The molecule has 49 heavy (non-hydrogen) atoms. The maximum absolute atomic E-state index is 2.54. The molecule has 0 saturated carbocycles. The molecule has 0 saturated heterocycles. The van der Waals surface area contributed by atoms with Crippen LogP contribution in [-0.2, 0) is 5.41 Å². The lowest BCUT2D eigenvalue weighted by Gasteiger charge is -2.30. The zero-order chi connectivity index (χ0) is 32.7. The largest absolute Gasteiger partial charge is 0.308 e. The number of fused-ring (bicyclic) bond motifs is 9. The van der Waals surface area contributed by atoms with Crippen LogP contribution >= 0.6 is 11.3 Å². The summed E-state index contributed by atoms with van der Waals surface area (Å²) in [6.45, 7) is 4.79. The molecule has 1 heterocycles. The summed E-state index contributed by atoms with van der Waals surface area (Å²) in [6.07, 6.45) is 0. The van der Waals surface area contributed by atoms with Crippen molar-refractivity contribution in [2.75, 3.05) is 4.90 Å². The Bertz CT molecular complexity index is 2740. The fraction of sp³-hybridized carbons (Fsp3) is 0.0638. The van der Waals surface area contributed by atoms with Gasteiger partial charge in [0, 0.05) is 32.1 Å². The average molecular weight is 644 g/mol. The number of hydrogen-bond donors (Lipinski definition) is 0. The smallest absolute Gasteiger partial charge is 0.0640 e. The van der Waals surface area contributed by atoms with Crippen molar-refractivity contribution in [3.8, 4) is 22.3 Å². The molecule has 1 nitrogen and oxygen atoms in total. The van der Waals surface area contributed by atoms with Gasteiger partial charge in [-0.05, 0) is 79.7 Å².